The Hall–Kier alpha value is -3.37. The lowest BCUT2D eigenvalue weighted by Crippen LogP contribution is -2.16. The number of anilines is 1. The quantitative estimate of drug-likeness (QED) is 0.416. The van der Waals surface area contributed by atoms with E-state index in [-0.39, 0.29) is 6.04 Å². The SMILES string of the molecule is Cc1nn(-c2ccccc2)c2c1N=C(c1ccccc1)CC(c1ccc(Cl)cc1)N2. The highest BCUT2D eigenvalue weighted by Gasteiger charge is 2.26. The average Bonchev–Trinajstić information content (AvgIpc) is 2.97. The van der Waals surface area contributed by atoms with Gasteiger partial charge in [0, 0.05) is 11.4 Å². The van der Waals surface area contributed by atoms with Gasteiger partial charge in [0.05, 0.1) is 23.1 Å². The van der Waals surface area contributed by atoms with Crippen LogP contribution in [-0.4, -0.2) is 15.5 Å². The van der Waals surface area contributed by atoms with Crippen molar-refractivity contribution in [3.8, 4) is 5.69 Å². The molecule has 5 heteroatoms. The first-order valence-electron chi connectivity index (χ1n) is 9.99. The van der Waals surface area contributed by atoms with Gasteiger partial charge >= 0.3 is 0 Å². The van der Waals surface area contributed by atoms with E-state index in [0.29, 0.717) is 0 Å². The second-order valence-corrected chi connectivity index (χ2v) is 7.84. The van der Waals surface area contributed by atoms with Gasteiger partial charge in [0.2, 0.25) is 0 Å². The molecule has 2 heterocycles. The van der Waals surface area contributed by atoms with E-state index in [1.54, 1.807) is 0 Å². The molecule has 1 aliphatic rings. The van der Waals surface area contributed by atoms with Gasteiger partial charge in [0.25, 0.3) is 0 Å². The van der Waals surface area contributed by atoms with E-state index in [0.717, 1.165) is 51.2 Å². The number of aliphatic imine (C=N–C) groups is 1. The second kappa shape index (κ2) is 7.81. The highest BCUT2D eigenvalue weighted by atomic mass is 35.5. The highest BCUT2D eigenvalue weighted by molar-refractivity contribution is 6.30. The minimum absolute atomic E-state index is 0.0426. The van der Waals surface area contributed by atoms with Gasteiger partial charge < -0.3 is 5.32 Å². The fraction of sp³-hybridized carbons (Fsp3) is 0.120. The largest absolute Gasteiger partial charge is 0.361 e. The van der Waals surface area contributed by atoms with Crippen molar-refractivity contribution in [1.29, 1.82) is 0 Å². The predicted octanol–water partition coefficient (Wildman–Crippen LogP) is 6.51. The summed E-state index contributed by atoms with van der Waals surface area (Å²) in [4.78, 5) is 5.09. The number of nitrogens with one attached hydrogen (secondary N) is 1. The molecule has 30 heavy (non-hydrogen) atoms. The lowest BCUT2D eigenvalue weighted by molar-refractivity contribution is 0.789. The van der Waals surface area contributed by atoms with E-state index in [1.807, 2.05) is 48.0 Å². The van der Waals surface area contributed by atoms with Gasteiger partial charge in [-0.3, -0.25) is 0 Å². The van der Waals surface area contributed by atoms with E-state index < -0.39 is 0 Å². The molecule has 0 radical (unpaired) electrons. The van der Waals surface area contributed by atoms with Crippen molar-refractivity contribution in [2.45, 2.75) is 19.4 Å². The molecule has 0 fully saturated rings. The molecule has 4 aromatic rings. The summed E-state index contributed by atoms with van der Waals surface area (Å²) in [5, 5.41) is 9.26. The number of para-hydroxylation sites is 1. The topological polar surface area (TPSA) is 42.2 Å². The molecule has 1 aromatic heterocycles. The third-order valence-electron chi connectivity index (χ3n) is 5.36. The van der Waals surface area contributed by atoms with Gasteiger partial charge in [0.15, 0.2) is 5.82 Å². The molecule has 1 aliphatic heterocycles. The third-order valence-corrected chi connectivity index (χ3v) is 5.62. The van der Waals surface area contributed by atoms with Crippen molar-refractivity contribution in [2.75, 3.05) is 5.32 Å². The lowest BCUT2D eigenvalue weighted by atomic mass is 9.97. The van der Waals surface area contributed by atoms with Gasteiger partial charge in [-0.15, -0.1) is 0 Å². The minimum atomic E-state index is 0.0426. The fourth-order valence-electron chi connectivity index (χ4n) is 3.84. The summed E-state index contributed by atoms with van der Waals surface area (Å²) < 4.78 is 1.95. The molecule has 0 amide bonds. The number of nitrogens with zero attached hydrogens (tertiary/aromatic N) is 3. The Kier molecular flexibility index (Phi) is 4.85. The van der Waals surface area contributed by atoms with Crippen molar-refractivity contribution < 1.29 is 0 Å². The van der Waals surface area contributed by atoms with Crippen LogP contribution in [0.1, 0.15) is 29.3 Å². The molecule has 0 saturated carbocycles. The molecule has 0 spiro atoms. The first-order valence-corrected chi connectivity index (χ1v) is 10.4. The predicted molar refractivity (Wildman–Crippen MR) is 123 cm³/mol. The molecule has 5 rings (SSSR count). The number of fused-ring (bicyclic) bond motifs is 1. The van der Waals surface area contributed by atoms with Crippen LogP contribution in [0, 0.1) is 6.92 Å². The zero-order valence-electron chi connectivity index (χ0n) is 16.6. The molecule has 1 N–H and O–H groups in total. The maximum absolute atomic E-state index is 6.14. The van der Waals surface area contributed by atoms with Crippen LogP contribution in [0.4, 0.5) is 11.5 Å². The van der Waals surface area contributed by atoms with Crippen molar-refractivity contribution >= 4 is 28.8 Å². The molecular formula is C25H21ClN4. The van der Waals surface area contributed by atoms with Crippen LogP contribution in [0.5, 0.6) is 0 Å². The van der Waals surface area contributed by atoms with E-state index in [4.69, 9.17) is 21.7 Å². The van der Waals surface area contributed by atoms with Gasteiger partial charge in [0.1, 0.15) is 5.69 Å². The smallest absolute Gasteiger partial charge is 0.156 e. The van der Waals surface area contributed by atoms with E-state index in [2.05, 4.69) is 53.8 Å². The van der Waals surface area contributed by atoms with Crippen molar-refractivity contribution in [2.24, 2.45) is 4.99 Å². The monoisotopic (exact) mass is 412 g/mol. The number of benzene rings is 3. The van der Waals surface area contributed by atoms with Crippen LogP contribution >= 0.6 is 11.6 Å². The summed E-state index contributed by atoms with van der Waals surface area (Å²) in [5.74, 6) is 0.907. The summed E-state index contributed by atoms with van der Waals surface area (Å²) in [7, 11) is 0. The number of aryl methyl sites for hydroxylation is 1. The Morgan fingerprint density at radius 1 is 0.900 bits per heavy atom. The van der Waals surface area contributed by atoms with Crippen molar-refractivity contribution in [1.82, 2.24) is 9.78 Å². The second-order valence-electron chi connectivity index (χ2n) is 7.41. The molecule has 0 bridgehead atoms. The lowest BCUT2D eigenvalue weighted by Gasteiger charge is -2.20. The first kappa shape index (κ1) is 18.6. The number of hydrogen-bond acceptors (Lipinski definition) is 3. The molecule has 1 unspecified atom stereocenters. The molecular weight excluding hydrogens is 392 g/mol. The minimum Gasteiger partial charge on any atom is -0.361 e. The Morgan fingerprint density at radius 2 is 1.57 bits per heavy atom. The maximum atomic E-state index is 6.14. The normalized spacial score (nSPS) is 15.7. The van der Waals surface area contributed by atoms with E-state index in [1.165, 1.54) is 0 Å². The van der Waals surface area contributed by atoms with Crippen molar-refractivity contribution in [3.63, 3.8) is 0 Å². The third kappa shape index (κ3) is 3.51. The van der Waals surface area contributed by atoms with Crippen LogP contribution < -0.4 is 5.32 Å². The number of hydrogen-bond donors (Lipinski definition) is 1. The van der Waals surface area contributed by atoms with Crippen LogP contribution in [-0.2, 0) is 0 Å². The number of aromatic nitrogens is 2. The van der Waals surface area contributed by atoms with E-state index >= 15 is 0 Å². The summed E-state index contributed by atoms with van der Waals surface area (Å²) >= 11 is 6.14. The molecule has 0 saturated heterocycles. The Morgan fingerprint density at radius 3 is 2.27 bits per heavy atom. The summed E-state index contributed by atoms with van der Waals surface area (Å²) in [6, 6.07) is 28.6. The van der Waals surface area contributed by atoms with Gasteiger partial charge in [-0.05, 0) is 42.3 Å². The van der Waals surface area contributed by atoms with Crippen LogP contribution in [0.25, 0.3) is 5.69 Å². The maximum Gasteiger partial charge on any atom is 0.156 e. The van der Waals surface area contributed by atoms with Crippen molar-refractivity contribution in [3.05, 3.63) is 107 Å². The molecule has 1 atom stereocenters. The molecule has 0 aliphatic carbocycles. The van der Waals surface area contributed by atoms with Gasteiger partial charge in [-0.25, -0.2) is 9.67 Å². The highest BCUT2D eigenvalue weighted by Crippen LogP contribution is 2.39. The summed E-state index contributed by atoms with van der Waals surface area (Å²) in [6.07, 6.45) is 0.758. The molecule has 148 valence electrons. The fourth-order valence-corrected chi connectivity index (χ4v) is 3.96. The number of halogens is 1. The number of rotatable bonds is 3. The standard InChI is InChI=1S/C25H21ClN4/c1-17-24-25(30(29-17)21-10-6-3-7-11-21)28-23(19-12-14-20(26)15-13-19)16-22(27-24)18-8-4-2-5-9-18/h2-15,23,28H,16H2,1H3. The van der Waals surface area contributed by atoms with Gasteiger partial charge in [-0.2, -0.15) is 5.10 Å². The Bertz CT molecular complexity index is 1200. The Labute approximate surface area is 180 Å². The average molecular weight is 413 g/mol. The van der Waals surface area contributed by atoms with Crippen LogP contribution in [0.15, 0.2) is 89.9 Å². The molecule has 4 nitrogen and oxygen atoms in total. The zero-order valence-corrected chi connectivity index (χ0v) is 17.3. The van der Waals surface area contributed by atoms with E-state index in [9.17, 15) is 0 Å². The summed E-state index contributed by atoms with van der Waals surface area (Å²) in [5.41, 5.74) is 6.10. The summed E-state index contributed by atoms with van der Waals surface area (Å²) in [6.45, 7) is 2.01. The molecule has 3 aromatic carbocycles. The van der Waals surface area contributed by atoms with Crippen LogP contribution in [0.3, 0.4) is 0 Å². The first-order chi connectivity index (χ1) is 14.7. The van der Waals surface area contributed by atoms with Gasteiger partial charge in [-0.1, -0.05) is 72.3 Å². The Balaban J connectivity index is 1.68. The zero-order chi connectivity index (χ0) is 20.5. The van der Waals surface area contributed by atoms with Crippen LogP contribution in [0.2, 0.25) is 5.02 Å².